The number of alkyl halides is 3. The van der Waals surface area contributed by atoms with Crippen LogP contribution < -0.4 is 14.8 Å². The van der Waals surface area contributed by atoms with Crippen molar-refractivity contribution in [2.24, 2.45) is 5.41 Å². The number of alkyl carbamates (subject to hydrolysis) is 1. The quantitative estimate of drug-likeness (QED) is 0.895. The third kappa shape index (κ3) is 4.57. The van der Waals surface area contributed by atoms with Crippen molar-refractivity contribution in [2.75, 3.05) is 13.7 Å². The lowest BCUT2D eigenvalue weighted by molar-refractivity contribution is -0.274. The summed E-state index contributed by atoms with van der Waals surface area (Å²) < 4.78 is 50.8. The number of ether oxygens (including phenoxy) is 3. The van der Waals surface area contributed by atoms with E-state index in [-0.39, 0.29) is 30.5 Å². The highest BCUT2D eigenvalue weighted by Crippen LogP contribution is 2.41. The second-order valence-corrected chi connectivity index (χ2v) is 5.59. The summed E-state index contributed by atoms with van der Waals surface area (Å²) in [7, 11) is 1.34. The molecule has 2 rings (SSSR count). The Labute approximate surface area is 137 Å². The number of methoxy groups -OCH3 is 1. The second kappa shape index (κ2) is 6.74. The number of carbonyl (C=O) groups excluding carboxylic acids is 1. The van der Waals surface area contributed by atoms with E-state index < -0.39 is 23.9 Å². The van der Waals surface area contributed by atoms with Crippen molar-refractivity contribution in [1.82, 2.24) is 5.32 Å². The highest BCUT2D eigenvalue weighted by Gasteiger charge is 2.39. The van der Waals surface area contributed by atoms with Gasteiger partial charge in [-0.05, 0) is 12.1 Å². The molecular formula is C14H17ClF3NO4. The Morgan fingerprint density at radius 3 is 2.57 bits per heavy atom. The van der Waals surface area contributed by atoms with Crippen LogP contribution in [0.15, 0.2) is 18.2 Å². The van der Waals surface area contributed by atoms with Crippen LogP contribution in [0.3, 0.4) is 0 Å². The number of benzene rings is 1. The van der Waals surface area contributed by atoms with Gasteiger partial charge in [0.05, 0.1) is 13.2 Å². The van der Waals surface area contributed by atoms with Gasteiger partial charge in [0.2, 0.25) is 0 Å². The molecule has 0 unspecified atom stereocenters. The summed E-state index contributed by atoms with van der Waals surface area (Å²) in [6.07, 6.45) is -5.36. The van der Waals surface area contributed by atoms with E-state index in [9.17, 15) is 18.0 Å². The van der Waals surface area contributed by atoms with Gasteiger partial charge in [-0.3, -0.25) is 0 Å². The molecule has 1 aromatic carbocycles. The predicted octanol–water partition coefficient (Wildman–Crippen LogP) is 3.82. The number of carbonyl (C=O) groups is 1. The first-order valence-corrected chi connectivity index (χ1v) is 6.49. The molecule has 1 fully saturated rings. The molecule has 0 bridgehead atoms. The molecule has 0 aliphatic carbocycles. The van der Waals surface area contributed by atoms with Crippen LogP contribution in [0.5, 0.6) is 11.5 Å². The van der Waals surface area contributed by atoms with Gasteiger partial charge in [-0.15, -0.1) is 25.6 Å². The molecule has 1 N–H and O–H groups in total. The average Bonchev–Trinajstić information content (AvgIpc) is 2.40. The van der Waals surface area contributed by atoms with Gasteiger partial charge in [-0.2, -0.15) is 0 Å². The standard InChI is InChI=1S/C14H16F3NO4.ClH/c1-13(2)7-21-12(19)18-11(13)9-5-4-8(6-10(9)20-3)22-14(15,16)17;/h4-6,11H,7H2,1-3H3,(H,18,19);1H/t11-;/m0./s1. The van der Waals surface area contributed by atoms with Crippen LogP contribution in [-0.4, -0.2) is 26.2 Å². The van der Waals surface area contributed by atoms with Crippen molar-refractivity contribution in [2.45, 2.75) is 26.3 Å². The number of amides is 1. The van der Waals surface area contributed by atoms with Crippen molar-refractivity contribution >= 4 is 18.5 Å². The molecular weight excluding hydrogens is 339 g/mol. The maximum absolute atomic E-state index is 12.3. The van der Waals surface area contributed by atoms with Crippen molar-refractivity contribution in [3.8, 4) is 11.5 Å². The number of nitrogens with one attached hydrogen (secondary N) is 1. The Bertz CT molecular complexity index is 578. The minimum atomic E-state index is -4.78. The third-order valence-corrected chi connectivity index (χ3v) is 3.37. The van der Waals surface area contributed by atoms with E-state index in [1.165, 1.54) is 19.2 Å². The Balaban J connectivity index is 0.00000264. The zero-order valence-corrected chi connectivity index (χ0v) is 13.5. The first-order chi connectivity index (χ1) is 10.1. The van der Waals surface area contributed by atoms with E-state index in [0.717, 1.165) is 6.07 Å². The predicted molar refractivity (Wildman–Crippen MR) is 77.9 cm³/mol. The molecule has 5 nitrogen and oxygen atoms in total. The Morgan fingerprint density at radius 1 is 1.35 bits per heavy atom. The number of halogens is 4. The topological polar surface area (TPSA) is 56.8 Å². The third-order valence-electron chi connectivity index (χ3n) is 3.37. The fourth-order valence-corrected chi connectivity index (χ4v) is 2.32. The molecule has 9 heteroatoms. The fourth-order valence-electron chi connectivity index (χ4n) is 2.32. The SMILES string of the molecule is COc1cc(OC(F)(F)F)ccc1[C@@H]1NC(=O)OCC1(C)C.Cl. The largest absolute Gasteiger partial charge is 0.573 e. The van der Waals surface area contributed by atoms with Gasteiger partial charge in [0.15, 0.2) is 0 Å². The van der Waals surface area contributed by atoms with Gasteiger partial charge in [0.25, 0.3) is 0 Å². The lowest BCUT2D eigenvalue weighted by Crippen LogP contribution is -2.47. The molecule has 1 atom stereocenters. The molecule has 1 saturated heterocycles. The monoisotopic (exact) mass is 355 g/mol. The zero-order chi connectivity index (χ0) is 16.5. The smallest absolute Gasteiger partial charge is 0.496 e. The molecule has 1 heterocycles. The molecule has 23 heavy (non-hydrogen) atoms. The zero-order valence-electron chi connectivity index (χ0n) is 12.7. The van der Waals surface area contributed by atoms with E-state index in [0.29, 0.717) is 5.56 Å². The fraction of sp³-hybridized carbons (Fsp3) is 0.500. The maximum atomic E-state index is 12.3. The molecule has 1 aliphatic rings. The van der Waals surface area contributed by atoms with Gasteiger partial charge < -0.3 is 19.5 Å². The van der Waals surface area contributed by atoms with Gasteiger partial charge in [0.1, 0.15) is 18.1 Å². The number of hydrogen-bond acceptors (Lipinski definition) is 4. The van der Waals surface area contributed by atoms with Crippen LogP contribution in [0.4, 0.5) is 18.0 Å². The maximum Gasteiger partial charge on any atom is 0.573 e. The molecule has 0 spiro atoms. The number of rotatable bonds is 3. The van der Waals surface area contributed by atoms with Gasteiger partial charge in [0, 0.05) is 17.0 Å². The molecule has 1 amide bonds. The van der Waals surface area contributed by atoms with E-state index in [1.54, 1.807) is 0 Å². The van der Waals surface area contributed by atoms with E-state index in [1.807, 2.05) is 13.8 Å². The van der Waals surface area contributed by atoms with Gasteiger partial charge in [-0.25, -0.2) is 4.79 Å². The van der Waals surface area contributed by atoms with Crippen LogP contribution in [0.1, 0.15) is 25.5 Å². The molecule has 1 aliphatic heterocycles. The average molecular weight is 356 g/mol. The van der Waals surface area contributed by atoms with E-state index >= 15 is 0 Å². The molecule has 130 valence electrons. The van der Waals surface area contributed by atoms with Crippen LogP contribution >= 0.6 is 12.4 Å². The summed E-state index contributed by atoms with van der Waals surface area (Å²) in [6.45, 7) is 3.93. The number of cyclic esters (lactones) is 1. The first-order valence-electron chi connectivity index (χ1n) is 6.49. The van der Waals surface area contributed by atoms with Crippen molar-refractivity contribution < 1.29 is 32.2 Å². The second-order valence-electron chi connectivity index (χ2n) is 5.59. The Hall–Kier alpha value is -1.83. The van der Waals surface area contributed by atoms with E-state index in [4.69, 9.17) is 9.47 Å². The van der Waals surface area contributed by atoms with Gasteiger partial charge >= 0.3 is 12.5 Å². The Morgan fingerprint density at radius 2 is 2.00 bits per heavy atom. The summed E-state index contributed by atoms with van der Waals surface area (Å²) in [5, 5.41) is 2.66. The Kier molecular flexibility index (Phi) is 5.63. The molecule has 0 radical (unpaired) electrons. The highest BCUT2D eigenvalue weighted by molar-refractivity contribution is 5.85. The first kappa shape index (κ1) is 19.2. The summed E-state index contributed by atoms with van der Waals surface area (Å²) in [5.74, 6) is -0.189. The van der Waals surface area contributed by atoms with Crippen LogP contribution in [0.2, 0.25) is 0 Å². The van der Waals surface area contributed by atoms with Crippen LogP contribution in [0, 0.1) is 5.41 Å². The van der Waals surface area contributed by atoms with Crippen LogP contribution in [0.25, 0.3) is 0 Å². The minimum absolute atomic E-state index is 0. The number of hydrogen-bond donors (Lipinski definition) is 1. The minimum Gasteiger partial charge on any atom is -0.496 e. The lowest BCUT2D eigenvalue weighted by Gasteiger charge is -2.39. The molecule has 0 saturated carbocycles. The summed E-state index contributed by atoms with van der Waals surface area (Å²) in [5.41, 5.74) is 0.104. The van der Waals surface area contributed by atoms with Gasteiger partial charge in [-0.1, -0.05) is 13.8 Å². The highest BCUT2D eigenvalue weighted by atomic mass is 35.5. The summed E-state index contributed by atoms with van der Waals surface area (Å²) in [6, 6.07) is 3.31. The van der Waals surface area contributed by atoms with E-state index in [2.05, 4.69) is 10.1 Å². The van der Waals surface area contributed by atoms with Crippen molar-refractivity contribution in [1.29, 1.82) is 0 Å². The lowest BCUT2D eigenvalue weighted by atomic mass is 9.80. The van der Waals surface area contributed by atoms with Crippen molar-refractivity contribution in [3.63, 3.8) is 0 Å². The molecule has 1 aromatic rings. The normalized spacial score (nSPS) is 19.9. The van der Waals surface area contributed by atoms with Crippen molar-refractivity contribution in [3.05, 3.63) is 23.8 Å². The summed E-state index contributed by atoms with van der Waals surface area (Å²) in [4.78, 5) is 11.4. The van der Waals surface area contributed by atoms with Crippen LogP contribution in [-0.2, 0) is 4.74 Å². The molecule has 0 aromatic heterocycles. The summed E-state index contributed by atoms with van der Waals surface area (Å²) >= 11 is 0.